The Bertz CT molecular complexity index is 687. The van der Waals surface area contributed by atoms with E-state index in [1.165, 1.54) is 18.1 Å². The highest BCUT2D eigenvalue weighted by Crippen LogP contribution is 2.38. The molecule has 0 unspecified atom stereocenters. The van der Waals surface area contributed by atoms with Crippen LogP contribution in [-0.2, 0) is 14.0 Å². The molecule has 0 saturated carbocycles. The van der Waals surface area contributed by atoms with Gasteiger partial charge in [0.05, 0.1) is 31.4 Å². The lowest BCUT2D eigenvalue weighted by molar-refractivity contribution is -0.0266. The van der Waals surface area contributed by atoms with Crippen molar-refractivity contribution < 1.29 is 27.6 Å². The summed E-state index contributed by atoms with van der Waals surface area (Å²) in [5.74, 6) is -3.14. The maximum Gasteiger partial charge on any atom is 0.498 e. The predicted molar refractivity (Wildman–Crippen MR) is 88.5 cm³/mol. The Labute approximate surface area is 145 Å². The number of nitrogens with zero attached hydrogens (tertiary/aromatic N) is 2. The standard InChI is InChI=1S/C16H21BF2N2O4/c1-14(2)15(3,4)25-17(24-14)10-6-7-11(13(22)23-5)20-12(10)21-8-16(18,19)9-21/h6-7H,8-9H2,1-5H3. The van der Waals surface area contributed by atoms with Gasteiger partial charge in [-0.2, -0.15) is 0 Å². The van der Waals surface area contributed by atoms with Crippen LogP contribution < -0.4 is 10.4 Å². The molecule has 0 amide bonds. The number of esters is 1. The summed E-state index contributed by atoms with van der Waals surface area (Å²) in [5.41, 5.74) is -0.585. The second-order valence-electron chi connectivity index (χ2n) is 7.40. The Kier molecular flexibility index (Phi) is 4.07. The zero-order valence-electron chi connectivity index (χ0n) is 14.9. The van der Waals surface area contributed by atoms with E-state index >= 15 is 0 Å². The van der Waals surface area contributed by atoms with Crippen LogP contribution >= 0.6 is 0 Å². The number of carbonyl (C=O) groups is 1. The van der Waals surface area contributed by atoms with E-state index < -0.39 is 43.3 Å². The molecule has 0 N–H and O–H groups in total. The minimum absolute atomic E-state index is 0.0491. The molecule has 1 aromatic rings. The second-order valence-corrected chi connectivity index (χ2v) is 7.40. The lowest BCUT2D eigenvalue weighted by Crippen LogP contribution is -2.59. The largest absolute Gasteiger partial charge is 0.498 e. The van der Waals surface area contributed by atoms with Crippen LogP contribution in [0.5, 0.6) is 0 Å². The van der Waals surface area contributed by atoms with Crippen LogP contribution in [0.3, 0.4) is 0 Å². The minimum atomic E-state index is -2.77. The fraction of sp³-hybridized carbons (Fsp3) is 0.625. The van der Waals surface area contributed by atoms with Crippen molar-refractivity contribution in [3.8, 4) is 0 Å². The van der Waals surface area contributed by atoms with E-state index in [0.717, 1.165) is 0 Å². The maximum absolute atomic E-state index is 13.3. The van der Waals surface area contributed by atoms with Gasteiger partial charge in [0.2, 0.25) is 0 Å². The highest BCUT2D eigenvalue weighted by atomic mass is 19.3. The molecule has 3 heterocycles. The number of anilines is 1. The summed E-state index contributed by atoms with van der Waals surface area (Å²) >= 11 is 0. The number of hydrogen-bond acceptors (Lipinski definition) is 6. The van der Waals surface area contributed by atoms with E-state index in [0.29, 0.717) is 5.46 Å². The average Bonchev–Trinajstić information content (AvgIpc) is 2.71. The van der Waals surface area contributed by atoms with Crippen molar-refractivity contribution in [2.75, 3.05) is 25.1 Å². The van der Waals surface area contributed by atoms with Crippen molar-refractivity contribution in [2.45, 2.75) is 44.8 Å². The first-order valence-corrected chi connectivity index (χ1v) is 8.03. The van der Waals surface area contributed by atoms with Gasteiger partial charge in [-0.3, -0.25) is 0 Å². The first-order valence-electron chi connectivity index (χ1n) is 8.03. The monoisotopic (exact) mass is 354 g/mol. The molecule has 0 bridgehead atoms. The molecule has 3 rings (SSSR count). The number of ether oxygens (including phenoxy) is 1. The summed E-state index contributed by atoms with van der Waals surface area (Å²) in [6.07, 6.45) is 0. The van der Waals surface area contributed by atoms with Gasteiger partial charge < -0.3 is 18.9 Å². The molecular formula is C16H21BF2N2O4. The lowest BCUT2D eigenvalue weighted by Gasteiger charge is -2.40. The zero-order valence-corrected chi connectivity index (χ0v) is 14.9. The summed E-state index contributed by atoms with van der Waals surface area (Å²) in [5, 5.41) is 0. The SMILES string of the molecule is COC(=O)c1ccc(B2OC(C)(C)C(C)(C)O2)c(N2CC(F)(F)C2)n1. The van der Waals surface area contributed by atoms with E-state index in [1.54, 1.807) is 6.07 Å². The fourth-order valence-electron chi connectivity index (χ4n) is 2.75. The van der Waals surface area contributed by atoms with Gasteiger partial charge in [0.15, 0.2) is 5.69 Å². The van der Waals surface area contributed by atoms with E-state index in [-0.39, 0.29) is 11.5 Å². The second kappa shape index (κ2) is 5.64. The highest BCUT2D eigenvalue weighted by molar-refractivity contribution is 6.63. The third kappa shape index (κ3) is 3.11. The number of pyridine rings is 1. The molecule has 2 aliphatic rings. The van der Waals surface area contributed by atoms with Crippen LogP contribution in [-0.4, -0.2) is 55.4 Å². The van der Waals surface area contributed by atoms with Crippen LogP contribution in [0.25, 0.3) is 0 Å². The Morgan fingerprint density at radius 3 is 2.24 bits per heavy atom. The number of alkyl halides is 2. The zero-order chi connectivity index (χ0) is 18.6. The topological polar surface area (TPSA) is 60.9 Å². The van der Waals surface area contributed by atoms with E-state index in [1.807, 2.05) is 27.7 Å². The molecule has 1 aromatic heterocycles. The van der Waals surface area contributed by atoms with Gasteiger partial charge in [-0.15, -0.1) is 0 Å². The highest BCUT2D eigenvalue weighted by Gasteiger charge is 2.54. The number of halogens is 2. The van der Waals surface area contributed by atoms with Gasteiger partial charge in [-0.05, 0) is 33.8 Å². The maximum atomic E-state index is 13.3. The van der Waals surface area contributed by atoms with Crippen molar-refractivity contribution in [2.24, 2.45) is 0 Å². The van der Waals surface area contributed by atoms with Crippen molar-refractivity contribution >= 4 is 24.4 Å². The predicted octanol–water partition coefficient (Wildman–Crippen LogP) is 1.62. The molecule has 2 fully saturated rings. The molecule has 9 heteroatoms. The van der Waals surface area contributed by atoms with Crippen molar-refractivity contribution in [1.82, 2.24) is 4.98 Å². The number of aromatic nitrogens is 1. The fourth-order valence-corrected chi connectivity index (χ4v) is 2.75. The summed E-state index contributed by atoms with van der Waals surface area (Å²) in [7, 11) is 0.484. The molecular weight excluding hydrogens is 333 g/mol. The first-order chi connectivity index (χ1) is 11.5. The van der Waals surface area contributed by atoms with Gasteiger partial charge in [-0.1, -0.05) is 6.07 Å². The lowest BCUT2D eigenvalue weighted by atomic mass is 9.78. The minimum Gasteiger partial charge on any atom is -0.464 e. The van der Waals surface area contributed by atoms with Crippen molar-refractivity contribution in [3.05, 3.63) is 17.8 Å². The molecule has 2 aliphatic heterocycles. The van der Waals surface area contributed by atoms with Gasteiger partial charge in [0, 0.05) is 5.46 Å². The Morgan fingerprint density at radius 2 is 1.76 bits per heavy atom. The average molecular weight is 354 g/mol. The summed E-state index contributed by atoms with van der Waals surface area (Å²) in [6, 6.07) is 3.10. The number of rotatable bonds is 3. The normalized spacial score (nSPS) is 23.3. The Hall–Kier alpha value is -1.74. The molecule has 0 aliphatic carbocycles. The van der Waals surface area contributed by atoms with E-state index in [4.69, 9.17) is 9.31 Å². The third-order valence-corrected chi connectivity index (χ3v) is 4.95. The molecule has 136 valence electrons. The van der Waals surface area contributed by atoms with Crippen LogP contribution in [0.4, 0.5) is 14.6 Å². The smallest absolute Gasteiger partial charge is 0.464 e. The Morgan fingerprint density at radius 1 is 1.20 bits per heavy atom. The van der Waals surface area contributed by atoms with Crippen LogP contribution in [0.2, 0.25) is 0 Å². The summed E-state index contributed by atoms with van der Waals surface area (Å²) in [6.45, 7) is 6.69. The molecule has 0 spiro atoms. The molecule has 0 aromatic carbocycles. The van der Waals surface area contributed by atoms with E-state index in [9.17, 15) is 13.6 Å². The summed E-state index contributed by atoms with van der Waals surface area (Å²) in [4.78, 5) is 17.4. The number of carbonyl (C=O) groups excluding carboxylic acids is 1. The number of hydrogen-bond donors (Lipinski definition) is 0. The Balaban J connectivity index is 1.98. The summed E-state index contributed by atoms with van der Waals surface area (Å²) < 4.78 is 43.3. The van der Waals surface area contributed by atoms with Crippen LogP contribution in [0.1, 0.15) is 38.2 Å². The van der Waals surface area contributed by atoms with Gasteiger partial charge in [0.25, 0.3) is 5.92 Å². The molecule has 0 radical (unpaired) electrons. The molecule has 0 atom stereocenters. The van der Waals surface area contributed by atoms with Gasteiger partial charge >= 0.3 is 13.1 Å². The molecule has 25 heavy (non-hydrogen) atoms. The quantitative estimate of drug-likeness (QED) is 0.607. The van der Waals surface area contributed by atoms with Crippen molar-refractivity contribution in [3.63, 3.8) is 0 Å². The van der Waals surface area contributed by atoms with Gasteiger partial charge in [-0.25, -0.2) is 18.6 Å². The molecule has 6 nitrogen and oxygen atoms in total. The van der Waals surface area contributed by atoms with Crippen LogP contribution in [0, 0.1) is 0 Å². The van der Waals surface area contributed by atoms with Crippen molar-refractivity contribution in [1.29, 1.82) is 0 Å². The molecule has 2 saturated heterocycles. The van der Waals surface area contributed by atoms with E-state index in [2.05, 4.69) is 9.72 Å². The third-order valence-electron chi connectivity index (χ3n) is 4.95. The first kappa shape index (κ1) is 18.1. The number of methoxy groups -OCH3 is 1. The van der Waals surface area contributed by atoms with Crippen LogP contribution in [0.15, 0.2) is 12.1 Å². The van der Waals surface area contributed by atoms with Gasteiger partial charge in [0.1, 0.15) is 5.82 Å².